The number of benzene rings is 2. The number of para-hydroxylation sites is 1. The van der Waals surface area contributed by atoms with Gasteiger partial charge in [-0.05, 0) is 48.6 Å². The average molecular weight is 417 g/mol. The number of halogens is 3. The maximum Gasteiger partial charge on any atom is 0.422 e. The number of alkyl halides is 3. The lowest BCUT2D eigenvalue weighted by molar-refractivity contribution is -0.232. The van der Waals surface area contributed by atoms with Crippen molar-refractivity contribution in [1.29, 1.82) is 0 Å². The Bertz CT molecular complexity index is 1150. The molecule has 2 aromatic carbocycles. The molecule has 0 bridgehead atoms. The van der Waals surface area contributed by atoms with E-state index < -0.39 is 29.7 Å². The normalized spacial score (nSPS) is 18.7. The molecule has 2 heterocycles. The fourth-order valence-electron chi connectivity index (χ4n) is 3.67. The minimum Gasteiger partial charge on any atom is -0.493 e. The van der Waals surface area contributed by atoms with Crippen LogP contribution in [0, 0.1) is 0 Å². The molecule has 1 aliphatic heterocycles. The molecule has 2 atom stereocenters. The second-order valence-electron chi connectivity index (χ2n) is 7.20. The fourth-order valence-corrected chi connectivity index (χ4v) is 3.67. The van der Waals surface area contributed by atoms with Crippen LogP contribution in [0.25, 0.3) is 10.8 Å². The maximum absolute atomic E-state index is 13.9. The SMILES string of the molecule is O=c1occc2c(N=CC(O)(CC3CCOc4ccccc43)C(F)(F)F)cccc12. The summed E-state index contributed by atoms with van der Waals surface area (Å²) < 4.78 is 51.9. The highest BCUT2D eigenvalue weighted by Crippen LogP contribution is 2.43. The van der Waals surface area contributed by atoms with Crippen molar-refractivity contribution in [1.82, 2.24) is 0 Å². The van der Waals surface area contributed by atoms with Gasteiger partial charge in [-0.25, -0.2) is 4.79 Å². The van der Waals surface area contributed by atoms with Crippen LogP contribution in [0.1, 0.15) is 24.3 Å². The molecule has 0 radical (unpaired) electrons. The van der Waals surface area contributed by atoms with Crippen LogP contribution in [0.3, 0.4) is 0 Å². The number of hydrogen-bond donors (Lipinski definition) is 1. The topological polar surface area (TPSA) is 72.0 Å². The van der Waals surface area contributed by atoms with Crippen LogP contribution in [0.15, 0.2) is 69.0 Å². The van der Waals surface area contributed by atoms with Crippen molar-refractivity contribution in [2.45, 2.75) is 30.5 Å². The third-order valence-corrected chi connectivity index (χ3v) is 5.26. The summed E-state index contributed by atoms with van der Waals surface area (Å²) in [6.07, 6.45) is -3.51. The van der Waals surface area contributed by atoms with E-state index in [-0.39, 0.29) is 17.7 Å². The molecule has 2 unspecified atom stereocenters. The number of rotatable bonds is 4. The Labute approximate surface area is 169 Å². The monoisotopic (exact) mass is 417 g/mol. The van der Waals surface area contributed by atoms with Gasteiger partial charge >= 0.3 is 11.8 Å². The molecule has 0 fully saturated rings. The van der Waals surface area contributed by atoms with Gasteiger partial charge in [0.2, 0.25) is 0 Å². The minimum absolute atomic E-state index is 0.135. The molecule has 0 aliphatic carbocycles. The van der Waals surface area contributed by atoms with E-state index >= 15 is 0 Å². The van der Waals surface area contributed by atoms with Crippen LogP contribution in [-0.2, 0) is 0 Å². The first-order valence-corrected chi connectivity index (χ1v) is 9.35. The second-order valence-corrected chi connectivity index (χ2v) is 7.20. The third-order valence-electron chi connectivity index (χ3n) is 5.26. The highest BCUT2D eigenvalue weighted by Gasteiger charge is 2.54. The Kier molecular flexibility index (Phi) is 5.11. The zero-order valence-electron chi connectivity index (χ0n) is 15.7. The Morgan fingerprint density at radius 2 is 1.90 bits per heavy atom. The van der Waals surface area contributed by atoms with Gasteiger partial charge in [-0.2, -0.15) is 13.2 Å². The van der Waals surface area contributed by atoms with Crippen molar-refractivity contribution in [3.63, 3.8) is 0 Å². The number of fused-ring (bicyclic) bond motifs is 2. The van der Waals surface area contributed by atoms with Gasteiger partial charge in [-0.15, -0.1) is 0 Å². The third kappa shape index (κ3) is 3.70. The Balaban J connectivity index is 1.71. The molecule has 1 N–H and O–H groups in total. The minimum atomic E-state index is -4.94. The molecular formula is C22H18F3NO4. The van der Waals surface area contributed by atoms with Gasteiger partial charge in [-0.1, -0.05) is 24.3 Å². The van der Waals surface area contributed by atoms with E-state index in [1.165, 1.54) is 24.3 Å². The van der Waals surface area contributed by atoms with E-state index in [4.69, 9.17) is 9.15 Å². The van der Waals surface area contributed by atoms with Crippen LogP contribution >= 0.6 is 0 Å². The molecule has 1 aromatic heterocycles. The summed E-state index contributed by atoms with van der Waals surface area (Å²) in [6.45, 7) is 0.270. The standard InChI is InChI=1S/C22H18F3NO4/c23-22(24,25)21(28,12-14-8-10-29-19-7-2-1-4-15(14)19)13-26-18-6-3-5-17-16(18)9-11-30-20(17)27/h1-7,9,11,13-14,28H,8,10,12H2. The van der Waals surface area contributed by atoms with Crippen LogP contribution in [0.5, 0.6) is 5.75 Å². The van der Waals surface area contributed by atoms with Gasteiger partial charge in [0.05, 0.1) is 23.9 Å². The van der Waals surface area contributed by atoms with E-state index in [2.05, 4.69) is 4.99 Å². The number of nitrogens with zero attached hydrogens (tertiary/aromatic N) is 1. The lowest BCUT2D eigenvalue weighted by Crippen LogP contribution is -2.48. The molecular weight excluding hydrogens is 399 g/mol. The number of aliphatic imine (C=N–C) groups is 1. The average Bonchev–Trinajstić information content (AvgIpc) is 2.72. The molecule has 3 aromatic rings. The molecule has 1 aliphatic rings. The molecule has 0 spiro atoms. The second kappa shape index (κ2) is 7.60. The smallest absolute Gasteiger partial charge is 0.422 e. The highest BCUT2D eigenvalue weighted by atomic mass is 19.4. The number of ether oxygens (including phenoxy) is 1. The molecule has 156 valence electrons. The van der Waals surface area contributed by atoms with Crippen molar-refractivity contribution in [2.24, 2.45) is 4.99 Å². The van der Waals surface area contributed by atoms with Gasteiger partial charge in [0.25, 0.3) is 0 Å². The quantitative estimate of drug-likeness (QED) is 0.622. The number of hydrogen-bond acceptors (Lipinski definition) is 5. The zero-order valence-corrected chi connectivity index (χ0v) is 15.7. The Morgan fingerprint density at radius 1 is 1.10 bits per heavy atom. The van der Waals surface area contributed by atoms with Gasteiger partial charge in [0, 0.05) is 11.6 Å². The summed E-state index contributed by atoms with van der Waals surface area (Å²) in [4.78, 5) is 15.7. The molecule has 4 rings (SSSR count). The van der Waals surface area contributed by atoms with Gasteiger partial charge in [-0.3, -0.25) is 4.99 Å². The predicted octanol–water partition coefficient (Wildman–Crippen LogP) is 4.75. The van der Waals surface area contributed by atoms with Crippen molar-refractivity contribution >= 4 is 22.7 Å². The van der Waals surface area contributed by atoms with Gasteiger partial charge in [0.15, 0.2) is 5.60 Å². The first kappa shape index (κ1) is 20.2. The van der Waals surface area contributed by atoms with E-state index in [9.17, 15) is 23.1 Å². The summed E-state index contributed by atoms with van der Waals surface area (Å²) in [5.74, 6) is -0.0245. The summed E-state index contributed by atoms with van der Waals surface area (Å²) in [5.41, 5.74) is -3.00. The van der Waals surface area contributed by atoms with E-state index in [0.29, 0.717) is 29.3 Å². The summed E-state index contributed by atoms with van der Waals surface area (Å²) in [7, 11) is 0. The first-order chi connectivity index (χ1) is 14.3. The van der Waals surface area contributed by atoms with E-state index in [0.717, 1.165) is 6.26 Å². The number of aliphatic hydroxyl groups is 1. The van der Waals surface area contributed by atoms with Crippen LogP contribution in [0.4, 0.5) is 18.9 Å². The largest absolute Gasteiger partial charge is 0.493 e. The lowest BCUT2D eigenvalue weighted by atomic mass is 9.82. The Hall–Kier alpha value is -3.13. The van der Waals surface area contributed by atoms with Crippen LogP contribution in [-0.4, -0.2) is 29.7 Å². The lowest BCUT2D eigenvalue weighted by Gasteiger charge is -2.33. The molecule has 30 heavy (non-hydrogen) atoms. The molecule has 0 amide bonds. The van der Waals surface area contributed by atoms with Crippen LogP contribution in [0.2, 0.25) is 0 Å². The molecule has 8 heteroatoms. The van der Waals surface area contributed by atoms with E-state index in [1.807, 2.05) is 0 Å². The van der Waals surface area contributed by atoms with E-state index in [1.54, 1.807) is 24.3 Å². The van der Waals surface area contributed by atoms with Gasteiger partial charge in [0.1, 0.15) is 5.75 Å². The highest BCUT2D eigenvalue weighted by molar-refractivity contribution is 5.93. The van der Waals surface area contributed by atoms with Crippen molar-refractivity contribution in [2.75, 3.05) is 6.61 Å². The predicted molar refractivity (Wildman–Crippen MR) is 106 cm³/mol. The van der Waals surface area contributed by atoms with Crippen molar-refractivity contribution < 1.29 is 27.4 Å². The fraction of sp³-hybridized carbons (Fsp3) is 0.273. The summed E-state index contributed by atoms with van der Waals surface area (Å²) in [6, 6.07) is 12.8. The maximum atomic E-state index is 13.9. The molecule has 0 saturated carbocycles. The summed E-state index contributed by atoms with van der Waals surface area (Å²) in [5, 5.41) is 11.2. The van der Waals surface area contributed by atoms with Gasteiger partial charge < -0.3 is 14.3 Å². The molecule has 0 saturated heterocycles. The first-order valence-electron chi connectivity index (χ1n) is 9.35. The molecule has 5 nitrogen and oxygen atoms in total. The van der Waals surface area contributed by atoms with Crippen molar-refractivity contribution in [3.05, 3.63) is 70.8 Å². The Morgan fingerprint density at radius 3 is 2.70 bits per heavy atom. The summed E-state index contributed by atoms with van der Waals surface area (Å²) >= 11 is 0. The zero-order chi connectivity index (χ0) is 21.4. The van der Waals surface area contributed by atoms with Crippen LogP contribution < -0.4 is 10.4 Å². The van der Waals surface area contributed by atoms with Crippen molar-refractivity contribution in [3.8, 4) is 5.75 Å².